The average molecular weight is 326 g/mol. The molecule has 126 valence electrons. The smallest absolute Gasteiger partial charge is 0.270 e. The van der Waals surface area contributed by atoms with Crippen LogP contribution in [0.25, 0.3) is 11.1 Å². The predicted molar refractivity (Wildman–Crippen MR) is 91.3 cm³/mol. The van der Waals surface area contributed by atoms with Gasteiger partial charge in [0.05, 0.1) is 11.7 Å². The molecule has 2 aliphatic rings. The first-order valence-electron chi connectivity index (χ1n) is 8.52. The molecule has 0 unspecified atom stereocenters. The SMILES string of the molecule is CC[C@@H]1[C@@H](NC(=O)c2[nH]nc(N)c2-c2ccccc2)[C@@H]2CCO[C@H]12. The summed E-state index contributed by atoms with van der Waals surface area (Å²) in [5.41, 5.74) is 7.96. The van der Waals surface area contributed by atoms with Crippen molar-refractivity contribution in [1.29, 1.82) is 0 Å². The van der Waals surface area contributed by atoms with Gasteiger partial charge < -0.3 is 15.8 Å². The van der Waals surface area contributed by atoms with E-state index in [9.17, 15) is 4.79 Å². The number of carbonyl (C=O) groups is 1. The van der Waals surface area contributed by atoms with Crippen LogP contribution in [0.5, 0.6) is 0 Å². The average Bonchev–Trinajstić information content (AvgIpc) is 3.18. The summed E-state index contributed by atoms with van der Waals surface area (Å²) < 4.78 is 5.78. The summed E-state index contributed by atoms with van der Waals surface area (Å²) in [6, 6.07) is 9.79. The molecule has 6 nitrogen and oxygen atoms in total. The van der Waals surface area contributed by atoms with Crippen LogP contribution in [0.3, 0.4) is 0 Å². The minimum Gasteiger partial charge on any atom is -0.382 e. The minimum atomic E-state index is -0.146. The van der Waals surface area contributed by atoms with E-state index in [-0.39, 0.29) is 11.9 Å². The molecule has 1 aromatic heterocycles. The molecule has 2 heterocycles. The van der Waals surface area contributed by atoms with Gasteiger partial charge in [-0.25, -0.2) is 0 Å². The van der Waals surface area contributed by atoms with Crippen molar-refractivity contribution >= 4 is 11.7 Å². The van der Waals surface area contributed by atoms with Gasteiger partial charge >= 0.3 is 0 Å². The summed E-state index contributed by atoms with van der Waals surface area (Å²) >= 11 is 0. The number of fused-ring (bicyclic) bond motifs is 1. The molecule has 1 aliphatic carbocycles. The highest BCUT2D eigenvalue weighted by atomic mass is 16.5. The van der Waals surface area contributed by atoms with E-state index in [0.29, 0.717) is 35.0 Å². The third-order valence-corrected chi connectivity index (χ3v) is 5.38. The minimum absolute atomic E-state index is 0.146. The molecule has 0 radical (unpaired) electrons. The fraction of sp³-hybridized carbons (Fsp3) is 0.444. The highest BCUT2D eigenvalue weighted by molar-refractivity contribution is 6.01. The normalized spacial score (nSPS) is 28.2. The van der Waals surface area contributed by atoms with E-state index >= 15 is 0 Å². The molecular formula is C18H22N4O2. The molecule has 4 rings (SSSR count). The van der Waals surface area contributed by atoms with Crippen LogP contribution in [0, 0.1) is 11.8 Å². The summed E-state index contributed by atoms with van der Waals surface area (Å²) in [6.07, 6.45) is 2.33. The number of nitrogens with one attached hydrogen (secondary N) is 2. The Labute approximate surface area is 140 Å². The molecule has 4 N–H and O–H groups in total. The first-order chi connectivity index (χ1) is 11.7. The van der Waals surface area contributed by atoms with E-state index in [1.165, 1.54) is 0 Å². The number of aromatic amines is 1. The van der Waals surface area contributed by atoms with Crippen LogP contribution in [-0.2, 0) is 4.74 Å². The molecule has 0 spiro atoms. The van der Waals surface area contributed by atoms with Crippen molar-refractivity contribution in [2.75, 3.05) is 12.3 Å². The van der Waals surface area contributed by atoms with E-state index in [1.54, 1.807) is 0 Å². The maximum atomic E-state index is 12.8. The zero-order chi connectivity index (χ0) is 16.7. The van der Waals surface area contributed by atoms with Crippen molar-refractivity contribution in [2.24, 2.45) is 11.8 Å². The number of benzene rings is 1. The Morgan fingerprint density at radius 2 is 2.21 bits per heavy atom. The van der Waals surface area contributed by atoms with Crippen molar-refractivity contribution < 1.29 is 9.53 Å². The number of carbonyl (C=O) groups excluding carboxylic acids is 1. The number of hydrogen-bond donors (Lipinski definition) is 3. The number of amides is 1. The van der Waals surface area contributed by atoms with Gasteiger partial charge in [0.1, 0.15) is 5.69 Å². The van der Waals surface area contributed by atoms with E-state index in [2.05, 4.69) is 22.4 Å². The van der Waals surface area contributed by atoms with E-state index in [0.717, 1.165) is 25.0 Å². The summed E-state index contributed by atoms with van der Waals surface area (Å²) in [5.74, 6) is 1.02. The largest absolute Gasteiger partial charge is 0.382 e. The van der Waals surface area contributed by atoms with E-state index < -0.39 is 0 Å². The topological polar surface area (TPSA) is 93.0 Å². The molecule has 0 bridgehead atoms. The standard InChI is InChI=1S/C18H22N4O2/c1-2-11-14(12-8-9-24-16(11)12)20-18(23)15-13(17(19)22-21-15)10-6-4-3-5-7-10/h3-7,11-12,14,16H,2,8-9H2,1H3,(H,20,23)(H3,19,21,22)/t11-,12+,14-,16-/m1/s1. The summed E-state index contributed by atoms with van der Waals surface area (Å²) in [6.45, 7) is 2.94. The third-order valence-electron chi connectivity index (χ3n) is 5.38. The number of nitrogens with two attached hydrogens (primary N) is 1. The van der Waals surface area contributed by atoms with Gasteiger partial charge in [0.25, 0.3) is 5.91 Å². The monoisotopic (exact) mass is 326 g/mol. The lowest BCUT2D eigenvalue weighted by atomic mass is 9.65. The Morgan fingerprint density at radius 3 is 2.96 bits per heavy atom. The molecule has 1 saturated carbocycles. The van der Waals surface area contributed by atoms with Gasteiger partial charge in [0.15, 0.2) is 5.82 Å². The third kappa shape index (κ3) is 2.29. The lowest BCUT2D eigenvalue weighted by Crippen LogP contribution is -2.61. The number of anilines is 1. The Bertz CT molecular complexity index is 743. The molecule has 2 fully saturated rings. The zero-order valence-corrected chi connectivity index (χ0v) is 13.7. The zero-order valence-electron chi connectivity index (χ0n) is 13.7. The molecule has 1 amide bonds. The Kier molecular flexibility index (Phi) is 3.76. The second-order valence-corrected chi connectivity index (χ2v) is 6.58. The number of hydrogen-bond acceptors (Lipinski definition) is 4. The van der Waals surface area contributed by atoms with Crippen molar-refractivity contribution in [3.63, 3.8) is 0 Å². The summed E-state index contributed by atoms with van der Waals surface area (Å²) in [7, 11) is 0. The van der Waals surface area contributed by atoms with Gasteiger partial charge in [-0.1, -0.05) is 37.3 Å². The fourth-order valence-corrected chi connectivity index (χ4v) is 4.17. The van der Waals surface area contributed by atoms with Gasteiger partial charge in [-0.3, -0.25) is 9.89 Å². The highest BCUT2D eigenvalue weighted by Crippen LogP contribution is 2.45. The number of ether oxygens (including phenoxy) is 1. The maximum absolute atomic E-state index is 12.8. The van der Waals surface area contributed by atoms with Gasteiger partial charge in [-0.15, -0.1) is 0 Å². The van der Waals surface area contributed by atoms with Crippen LogP contribution in [0.15, 0.2) is 30.3 Å². The van der Waals surface area contributed by atoms with Crippen LogP contribution >= 0.6 is 0 Å². The first-order valence-corrected chi connectivity index (χ1v) is 8.52. The number of nitrogens with zero attached hydrogens (tertiary/aromatic N) is 1. The maximum Gasteiger partial charge on any atom is 0.270 e. The van der Waals surface area contributed by atoms with Crippen molar-refractivity contribution in [3.8, 4) is 11.1 Å². The number of rotatable bonds is 4. The molecular weight excluding hydrogens is 304 g/mol. The number of H-pyrrole nitrogens is 1. The molecule has 1 aliphatic heterocycles. The van der Waals surface area contributed by atoms with Gasteiger partial charge in [-0.2, -0.15) is 5.10 Å². The number of nitrogen functional groups attached to an aromatic ring is 1. The van der Waals surface area contributed by atoms with Crippen LogP contribution in [0.4, 0.5) is 5.82 Å². The quantitative estimate of drug-likeness (QED) is 0.803. The lowest BCUT2D eigenvalue weighted by molar-refractivity contribution is -0.0545. The molecule has 4 atom stereocenters. The highest BCUT2D eigenvalue weighted by Gasteiger charge is 2.53. The number of aromatic nitrogens is 2. The Hall–Kier alpha value is -2.34. The van der Waals surface area contributed by atoms with Crippen LogP contribution in [-0.4, -0.2) is 34.9 Å². The van der Waals surface area contributed by atoms with E-state index in [4.69, 9.17) is 10.5 Å². The first kappa shape index (κ1) is 15.2. The molecule has 6 heteroatoms. The van der Waals surface area contributed by atoms with Crippen molar-refractivity contribution in [3.05, 3.63) is 36.0 Å². The van der Waals surface area contributed by atoms with Crippen molar-refractivity contribution in [1.82, 2.24) is 15.5 Å². The van der Waals surface area contributed by atoms with Gasteiger partial charge in [-0.05, 0) is 18.4 Å². The summed E-state index contributed by atoms with van der Waals surface area (Å²) in [5, 5.41) is 10.0. The second-order valence-electron chi connectivity index (χ2n) is 6.58. The van der Waals surface area contributed by atoms with Crippen LogP contribution in [0.1, 0.15) is 30.3 Å². The van der Waals surface area contributed by atoms with Gasteiger partial charge in [0.2, 0.25) is 0 Å². The molecule has 1 aromatic carbocycles. The van der Waals surface area contributed by atoms with Gasteiger partial charge in [0, 0.05) is 24.5 Å². The fourth-order valence-electron chi connectivity index (χ4n) is 4.17. The Morgan fingerprint density at radius 1 is 1.42 bits per heavy atom. The second kappa shape index (κ2) is 5.94. The molecule has 2 aromatic rings. The molecule has 24 heavy (non-hydrogen) atoms. The molecule has 1 saturated heterocycles. The predicted octanol–water partition coefficient (Wildman–Crippen LogP) is 2.20. The van der Waals surface area contributed by atoms with E-state index in [1.807, 2.05) is 30.3 Å². The Balaban J connectivity index is 1.58. The lowest BCUT2D eigenvalue weighted by Gasteiger charge is -2.47. The van der Waals surface area contributed by atoms with Crippen LogP contribution < -0.4 is 11.1 Å². The van der Waals surface area contributed by atoms with Crippen LogP contribution in [0.2, 0.25) is 0 Å². The van der Waals surface area contributed by atoms with Crippen molar-refractivity contribution in [2.45, 2.75) is 31.9 Å². The summed E-state index contributed by atoms with van der Waals surface area (Å²) in [4.78, 5) is 12.8.